The molecule has 0 radical (unpaired) electrons. The minimum Gasteiger partial charge on any atom is -0.322 e. The first-order valence-electron chi connectivity index (χ1n) is 6.19. The second kappa shape index (κ2) is 4.55. The van der Waals surface area contributed by atoms with Crippen molar-refractivity contribution in [3.63, 3.8) is 0 Å². The lowest BCUT2D eigenvalue weighted by molar-refractivity contribution is -0.0589. The van der Waals surface area contributed by atoms with E-state index in [1.807, 2.05) is 0 Å². The van der Waals surface area contributed by atoms with E-state index in [1.54, 1.807) is 32.3 Å². The van der Waals surface area contributed by atoms with Crippen molar-refractivity contribution in [2.75, 3.05) is 0 Å². The zero-order chi connectivity index (χ0) is 15.1. The van der Waals surface area contributed by atoms with Gasteiger partial charge in [-0.1, -0.05) is 17.2 Å². The summed E-state index contributed by atoms with van der Waals surface area (Å²) in [7, 11) is 1.66. The van der Waals surface area contributed by atoms with Crippen LogP contribution in [0.4, 0.5) is 0 Å². The van der Waals surface area contributed by atoms with Crippen LogP contribution in [0.25, 0.3) is 0 Å². The first kappa shape index (κ1) is 13.0. The summed E-state index contributed by atoms with van der Waals surface area (Å²) in [6, 6.07) is 6.29. The molecule has 1 aromatic heterocycles. The maximum Gasteiger partial charge on any atom is 0.384 e. The Morgan fingerprint density at radius 1 is 1.14 bits per heavy atom. The summed E-state index contributed by atoms with van der Waals surface area (Å²) in [6.45, 7) is 1.69. The summed E-state index contributed by atoms with van der Waals surface area (Å²) in [5.74, 6) is -2.15. The Morgan fingerprint density at radius 2 is 1.71 bits per heavy atom. The molecule has 7 heteroatoms. The van der Waals surface area contributed by atoms with Gasteiger partial charge in [0.15, 0.2) is 5.69 Å². The van der Waals surface area contributed by atoms with Gasteiger partial charge in [0.2, 0.25) is 0 Å². The molecule has 21 heavy (non-hydrogen) atoms. The highest BCUT2D eigenvalue weighted by molar-refractivity contribution is 6.21. The maximum atomic E-state index is 12.1. The minimum atomic E-state index is -0.845. The van der Waals surface area contributed by atoms with Gasteiger partial charge in [-0.2, -0.15) is 5.10 Å². The lowest BCUT2D eigenvalue weighted by Gasteiger charge is -2.11. The van der Waals surface area contributed by atoms with E-state index >= 15 is 0 Å². The van der Waals surface area contributed by atoms with Crippen LogP contribution in [0.5, 0.6) is 0 Å². The van der Waals surface area contributed by atoms with Crippen molar-refractivity contribution in [1.29, 1.82) is 0 Å². The third-order valence-corrected chi connectivity index (χ3v) is 3.14. The molecule has 7 nitrogen and oxygen atoms in total. The number of carbonyl (C=O) groups is 3. The quantitative estimate of drug-likeness (QED) is 0.772. The monoisotopic (exact) mass is 285 g/mol. The van der Waals surface area contributed by atoms with Gasteiger partial charge in [0.25, 0.3) is 11.8 Å². The Labute approximate surface area is 119 Å². The molecule has 2 aromatic rings. The third kappa shape index (κ3) is 1.99. The van der Waals surface area contributed by atoms with Crippen molar-refractivity contribution in [2.45, 2.75) is 6.92 Å². The number of hydrogen-bond acceptors (Lipinski definition) is 5. The highest BCUT2D eigenvalue weighted by Crippen LogP contribution is 2.23. The summed E-state index contributed by atoms with van der Waals surface area (Å²) in [5, 5.41) is 4.42. The molecule has 0 fully saturated rings. The van der Waals surface area contributed by atoms with Gasteiger partial charge in [0.1, 0.15) is 0 Å². The lowest BCUT2D eigenvalue weighted by atomic mass is 10.1. The SMILES string of the molecule is Cc1cn(C)nc1C(=O)ON1C(=O)c2ccccc2C1=O. The summed E-state index contributed by atoms with van der Waals surface area (Å²) in [6.07, 6.45) is 1.64. The first-order chi connectivity index (χ1) is 9.99. The molecule has 1 aromatic carbocycles. The van der Waals surface area contributed by atoms with Gasteiger partial charge in [0, 0.05) is 18.8 Å². The van der Waals surface area contributed by atoms with Crippen molar-refractivity contribution in [3.05, 3.63) is 52.8 Å². The smallest absolute Gasteiger partial charge is 0.322 e. The summed E-state index contributed by atoms with van der Waals surface area (Å²) in [4.78, 5) is 41.1. The zero-order valence-corrected chi connectivity index (χ0v) is 11.4. The molecule has 0 unspecified atom stereocenters. The van der Waals surface area contributed by atoms with Crippen LogP contribution >= 0.6 is 0 Å². The average molecular weight is 285 g/mol. The topological polar surface area (TPSA) is 81.5 Å². The van der Waals surface area contributed by atoms with Crippen molar-refractivity contribution in [1.82, 2.24) is 14.8 Å². The molecule has 0 spiro atoms. The van der Waals surface area contributed by atoms with E-state index in [2.05, 4.69) is 5.10 Å². The fourth-order valence-electron chi connectivity index (χ4n) is 2.18. The number of aromatic nitrogens is 2. The Kier molecular flexibility index (Phi) is 2.83. The van der Waals surface area contributed by atoms with E-state index in [1.165, 1.54) is 16.8 Å². The number of benzene rings is 1. The number of imide groups is 1. The van der Waals surface area contributed by atoms with E-state index in [0.29, 0.717) is 10.6 Å². The summed E-state index contributed by atoms with van der Waals surface area (Å²) < 4.78 is 1.45. The van der Waals surface area contributed by atoms with E-state index in [4.69, 9.17) is 4.84 Å². The van der Waals surface area contributed by atoms with Gasteiger partial charge < -0.3 is 4.84 Å². The van der Waals surface area contributed by atoms with Gasteiger partial charge in [-0.15, -0.1) is 0 Å². The minimum absolute atomic E-state index is 0.0639. The van der Waals surface area contributed by atoms with Crippen molar-refractivity contribution < 1.29 is 19.2 Å². The van der Waals surface area contributed by atoms with Gasteiger partial charge in [-0.3, -0.25) is 14.3 Å². The highest BCUT2D eigenvalue weighted by Gasteiger charge is 2.39. The largest absolute Gasteiger partial charge is 0.384 e. The maximum absolute atomic E-state index is 12.1. The Morgan fingerprint density at radius 3 is 2.19 bits per heavy atom. The Balaban J connectivity index is 1.87. The number of fused-ring (bicyclic) bond motifs is 1. The van der Waals surface area contributed by atoms with Crippen LogP contribution in [0.3, 0.4) is 0 Å². The highest BCUT2D eigenvalue weighted by atomic mass is 16.7. The van der Waals surface area contributed by atoms with Gasteiger partial charge >= 0.3 is 5.97 Å². The van der Waals surface area contributed by atoms with Crippen molar-refractivity contribution in [3.8, 4) is 0 Å². The van der Waals surface area contributed by atoms with Gasteiger partial charge in [-0.25, -0.2) is 4.79 Å². The number of carbonyl (C=O) groups excluding carboxylic acids is 3. The molecule has 3 rings (SSSR count). The number of hydrogen-bond donors (Lipinski definition) is 0. The molecule has 2 heterocycles. The van der Waals surface area contributed by atoms with Crippen molar-refractivity contribution >= 4 is 17.8 Å². The van der Waals surface area contributed by atoms with Gasteiger partial charge in [0.05, 0.1) is 11.1 Å². The normalized spacial score (nSPS) is 13.5. The van der Waals surface area contributed by atoms with Crippen LogP contribution in [0.1, 0.15) is 36.8 Å². The van der Waals surface area contributed by atoms with Crippen LogP contribution in [0, 0.1) is 6.92 Å². The first-order valence-corrected chi connectivity index (χ1v) is 6.19. The Bertz CT molecular complexity index is 743. The number of hydroxylamine groups is 2. The predicted molar refractivity (Wildman–Crippen MR) is 70.3 cm³/mol. The van der Waals surface area contributed by atoms with E-state index in [0.717, 1.165) is 0 Å². The standard InChI is InChI=1S/C14H11N3O4/c1-8-7-16(2)15-11(8)14(20)21-17-12(18)9-5-3-4-6-10(9)13(17)19/h3-7H,1-2H3. The number of amides is 2. The molecule has 2 amide bonds. The van der Waals surface area contributed by atoms with Crippen LogP contribution in [0.2, 0.25) is 0 Å². The predicted octanol–water partition coefficient (Wildman–Crippen LogP) is 1.10. The molecule has 0 N–H and O–H groups in total. The van der Waals surface area contributed by atoms with E-state index in [9.17, 15) is 14.4 Å². The van der Waals surface area contributed by atoms with Crippen LogP contribution in [-0.2, 0) is 11.9 Å². The zero-order valence-electron chi connectivity index (χ0n) is 11.4. The molecule has 0 saturated heterocycles. The lowest BCUT2D eigenvalue weighted by Crippen LogP contribution is -2.33. The molecule has 0 bridgehead atoms. The third-order valence-electron chi connectivity index (χ3n) is 3.14. The molecule has 0 saturated carbocycles. The second-order valence-corrected chi connectivity index (χ2v) is 4.66. The van der Waals surface area contributed by atoms with Crippen LogP contribution in [0.15, 0.2) is 30.5 Å². The molecule has 0 atom stereocenters. The number of rotatable bonds is 2. The fourth-order valence-corrected chi connectivity index (χ4v) is 2.18. The molecular weight excluding hydrogens is 274 g/mol. The number of aryl methyl sites for hydroxylation is 2. The van der Waals surface area contributed by atoms with Crippen molar-refractivity contribution in [2.24, 2.45) is 7.05 Å². The molecule has 1 aliphatic rings. The molecule has 1 aliphatic heterocycles. The summed E-state index contributed by atoms with van der Waals surface area (Å²) in [5.41, 5.74) is 1.09. The fraction of sp³-hybridized carbons (Fsp3) is 0.143. The Hall–Kier alpha value is -2.96. The second-order valence-electron chi connectivity index (χ2n) is 4.66. The van der Waals surface area contributed by atoms with E-state index in [-0.39, 0.29) is 16.8 Å². The van der Waals surface area contributed by atoms with Crippen LogP contribution < -0.4 is 0 Å². The average Bonchev–Trinajstić information content (AvgIpc) is 2.92. The van der Waals surface area contributed by atoms with Gasteiger partial charge in [-0.05, 0) is 19.1 Å². The molecule has 0 aliphatic carbocycles. The number of nitrogens with zero attached hydrogens (tertiary/aromatic N) is 3. The van der Waals surface area contributed by atoms with Crippen LogP contribution in [-0.4, -0.2) is 32.6 Å². The summed E-state index contributed by atoms with van der Waals surface area (Å²) >= 11 is 0. The molecule has 106 valence electrons. The molecular formula is C14H11N3O4. The van der Waals surface area contributed by atoms with E-state index < -0.39 is 17.8 Å².